The van der Waals surface area contributed by atoms with Crippen LogP contribution in [0.3, 0.4) is 0 Å². The monoisotopic (exact) mass is 519 g/mol. The van der Waals surface area contributed by atoms with E-state index in [2.05, 4.69) is 53.9 Å². The summed E-state index contributed by atoms with van der Waals surface area (Å²) in [7, 11) is 0. The minimum absolute atomic E-state index is 0.0327. The van der Waals surface area contributed by atoms with Crippen LogP contribution in [-0.2, 0) is 4.79 Å². The number of thiophene rings is 1. The molecule has 10 heteroatoms. The third kappa shape index (κ3) is 4.92. The molecule has 1 saturated carbocycles. The second-order valence-corrected chi connectivity index (χ2v) is 10.7. The van der Waals surface area contributed by atoms with Crippen LogP contribution in [0, 0.1) is 5.92 Å². The summed E-state index contributed by atoms with van der Waals surface area (Å²) in [6.07, 6.45) is 5.20. The van der Waals surface area contributed by atoms with Crippen LogP contribution in [0.2, 0.25) is 5.02 Å². The lowest BCUT2D eigenvalue weighted by Crippen LogP contribution is -2.45. The Morgan fingerprint density at radius 3 is 2.64 bits per heavy atom. The van der Waals surface area contributed by atoms with E-state index < -0.39 is 0 Å². The second kappa shape index (κ2) is 10.1. The van der Waals surface area contributed by atoms with Crippen molar-refractivity contribution in [2.24, 2.45) is 5.92 Å². The highest BCUT2D eigenvalue weighted by Gasteiger charge is 2.31. The Hall–Kier alpha value is -3.11. The van der Waals surface area contributed by atoms with Crippen LogP contribution in [0.5, 0.6) is 0 Å². The van der Waals surface area contributed by atoms with E-state index in [0.717, 1.165) is 70.7 Å². The van der Waals surface area contributed by atoms with Crippen molar-refractivity contribution >= 4 is 34.7 Å². The summed E-state index contributed by atoms with van der Waals surface area (Å²) in [4.78, 5) is 25.8. The van der Waals surface area contributed by atoms with Crippen molar-refractivity contribution in [3.05, 3.63) is 71.1 Å². The number of carbonyl (C=O) groups is 1. The number of H-pyrrole nitrogens is 1. The number of halogens is 1. The fourth-order valence-electron chi connectivity index (χ4n) is 4.65. The van der Waals surface area contributed by atoms with Gasteiger partial charge in [-0.2, -0.15) is 5.10 Å². The van der Waals surface area contributed by atoms with Crippen molar-refractivity contribution in [3.8, 4) is 21.1 Å². The molecule has 1 amide bonds. The van der Waals surface area contributed by atoms with E-state index in [4.69, 9.17) is 11.6 Å². The third-order valence-corrected chi connectivity index (χ3v) is 8.09. The molecule has 1 aromatic carbocycles. The summed E-state index contributed by atoms with van der Waals surface area (Å²) >= 11 is 7.90. The molecule has 6 rings (SSSR count). The molecule has 8 nitrogen and oxygen atoms in total. The van der Waals surface area contributed by atoms with Gasteiger partial charge in [0.25, 0.3) is 0 Å². The fourth-order valence-corrected chi connectivity index (χ4v) is 5.91. The van der Waals surface area contributed by atoms with E-state index >= 15 is 0 Å². The number of nitrogens with one attached hydrogen (secondary N) is 3. The highest BCUT2D eigenvalue weighted by molar-refractivity contribution is 7.19. The maximum Gasteiger partial charge on any atom is 0.228 e. The lowest BCUT2D eigenvalue weighted by atomic mass is 9.95. The molecule has 0 spiro atoms. The number of aromatic nitrogens is 4. The van der Waals surface area contributed by atoms with Crippen molar-refractivity contribution in [3.63, 3.8) is 0 Å². The number of hydrogen-bond donors (Lipinski definition) is 3. The van der Waals surface area contributed by atoms with Gasteiger partial charge in [-0.15, -0.1) is 11.3 Å². The van der Waals surface area contributed by atoms with E-state index in [0.29, 0.717) is 5.82 Å². The molecular weight excluding hydrogens is 494 g/mol. The van der Waals surface area contributed by atoms with Crippen LogP contribution in [0.4, 0.5) is 5.82 Å². The van der Waals surface area contributed by atoms with Crippen LogP contribution in [0.1, 0.15) is 30.0 Å². The van der Waals surface area contributed by atoms with Gasteiger partial charge in [-0.1, -0.05) is 23.7 Å². The van der Waals surface area contributed by atoms with Crippen molar-refractivity contribution < 1.29 is 4.79 Å². The molecule has 1 saturated heterocycles. The zero-order valence-electron chi connectivity index (χ0n) is 19.6. The SMILES string of the molecule is O=C(Nc1cc(-c2cc(C(c3ccc(Cl)cc3)N3CCNCC3)c(-c3ncn[nH]3)s2)ccn1)C1CC1. The van der Waals surface area contributed by atoms with Gasteiger partial charge in [0.1, 0.15) is 12.1 Å². The number of nitrogens with zero attached hydrogens (tertiary/aromatic N) is 4. The predicted molar refractivity (Wildman–Crippen MR) is 142 cm³/mol. The molecule has 1 aliphatic heterocycles. The minimum Gasteiger partial charge on any atom is -0.314 e. The van der Waals surface area contributed by atoms with Crippen molar-refractivity contribution in [2.45, 2.75) is 18.9 Å². The van der Waals surface area contributed by atoms with Crippen molar-refractivity contribution in [1.29, 1.82) is 0 Å². The summed E-state index contributed by atoms with van der Waals surface area (Å²) in [5.74, 6) is 1.50. The standard InChI is InChI=1S/C26H26ClN7OS/c27-19-5-3-16(4-6-19)23(34-11-9-28-10-12-34)20-14-21(36-24(20)25-30-15-31-33-25)18-7-8-29-22(13-18)32-26(35)17-1-2-17/h3-8,13-15,17,23,28H,1-2,9-12H2,(H,29,32,35)(H,30,31,33). The number of piperazine rings is 1. The summed E-state index contributed by atoms with van der Waals surface area (Å²) < 4.78 is 0. The molecule has 1 unspecified atom stereocenters. The van der Waals surface area contributed by atoms with Gasteiger partial charge in [0.2, 0.25) is 5.91 Å². The van der Waals surface area contributed by atoms with E-state index in [-0.39, 0.29) is 17.9 Å². The van der Waals surface area contributed by atoms with Crippen LogP contribution >= 0.6 is 22.9 Å². The number of benzene rings is 1. The minimum atomic E-state index is 0.0327. The Morgan fingerprint density at radius 1 is 1.11 bits per heavy atom. The van der Waals surface area contributed by atoms with Crippen LogP contribution in [-0.4, -0.2) is 57.2 Å². The highest BCUT2D eigenvalue weighted by Crippen LogP contribution is 2.44. The molecule has 4 aromatic rings. The zero-order chi connectivity index (χ0) is 24.5. The average molecular weight is 520 g/mol. The second-order valence-electron chi connectivity index (χ2n) is 9.16. The molecule has 2 fully saturated rings. The molecule has 2 aliphatic rings. The lowest BCUT2D eigenvalue weighted by Gasteiger charge is -2.35. The van der Waals surface area contributed by atoms with Gasteiger partial charge in [0.15, 0.2) is 5.82 Å². The first-order valence-corrected chi connectivity index (χ1v) is 13.3. The number of aromatic amines is 1. The average Bonchev–Trinajstić information content (AvgIpc) is 3.45. The summed E-state index contributed by atoms with van der Waals surface area (Å²) in [5, 5.41) is 14.3. The zero-order valence-corrected chi connectivity index (χ0v) is 21.1. The normalized spacial score (nSPS) is 17.1. The Balaban J connectivity index is 1.43. The number of rotatable bonds is 7. The summed E-state index contributed by atoms with van der Waals surface area (Å²) in [6, 6.07) is 14.3. The maximum absolute atomic E-state index is 12.3. The Bertz CT molecular complexity index is 1350. The molecule has 184 valence electrons. The lowest BCUT2D eigenvalue weighted by molar-refractivity contribution is -0.117. The first kappa shape index (κ1) is 23.3. The first-order valence-electron chi connectivity index (χ1n) is 12.1. The largest absolute Gasteiger partial charge is 0.314 e. The maximum atomic E-state index is 12.3. The van der Waals surface area contributed by atoms with Gasteiger partial charge in [-0.3, -0.25) is 14.8 Å². The molecule has 1 atom stereocenters. The van der Waals surface area contributed by atoms with Gasteiger partial charge in [0, 0.05) is 48.2 Å². The van der Waals surface area contributed by atoms with Crippen LogP contribution in [0.25, 0.3) is 21.1 Å². The Labute approximate surface area is 218 Å². The molecule has 1 aliphatic carbocycles. The van der Waals surface area contributed by atoms with E-state index in [1.54, 1.807) is 23.9 Å². The number of hydrogen-bond acceptors (Lipinski definition) is 7. The van der Waals surface area contributed by atoms with Crippen molar-refractivity contribution in [2.75, 3.05) is 31.5 Å². The van der Waals surface area contributed by atoms with Gasteiger partial charge in [-0.05, 0) is 59.9 Å². The molecule has 0 bridgehead atoms. The Kier molecular flexibility index (Phi) is 6.54. The summed E-state index contributed by atoms with van der Waals surface area (Å²) in [5.41, 5.74) is 3.35. The first-order chi connectivity index (χ1) is 17.7. The topological polar surface area (TPSA) is 98.8 Å². The van der Waals surface area contributed by atoms with Crippen LogP contribution < -0.4 is 10.6 Å². The third-order valence-electron chi connectivity index (χ3n) is 6.63. The van der Waals surface area contributed by atoms with Gasteiger partial charge >= 0.3 is 0 Å². The Morgan fingerprint density at radius 2 is 1.92 bits per heavy atom. The quantitative estimate of drug-likeness (QED) is 0.330. The fraction of sp³-hybridized carbons (Fsp3) is 0.308. The van der Waals surface area contributed by atoms with E-state index in [1.807, 2.05) is 24.3 Å². The number of pyridine rings is 1. The molecule has 3 N–H and O–H groups in total. The molecule has 36 heavy (non-hydrogen) atoms. The number of anilines is 1. The van der Waals surface area contributed by atoms with Crippen LogP contribution in [0.15, 0.2) is 55.0 Å². The number of carbonyl (C=O) groups excluding carboxylic acids is 1. The van der Waals surface area contributed by atoms with E-state index in [9.17, 15) is 4.79 Å². The molecule has 0 radical (unpaired) electrons. The summed E-state index contributed by atoms with van der Waals surface area (Å²) in [6.45, 7) is 3.74. The molecule has 3 aromatic heterocycles. The smallest absolute Gasteiger partial charge is 0.228 e. The van der Waals surface area contributed by atoms with E-state index in [1.165, 1.54) is 5.56 Å². The molecule has 4 heterocycles. The number of amides is 1. The predicted octanol–water partition coefficient (Wildman–Crippen LogP) is 4.59. The highest BCUT2D eigenvalue weighted by atomic mass is 35.5. The van der Waals surface area contributed by atoms with Gasteiger partial charge in [-0.25, -0.2) is 9.97 Å². The van der Waals surface area contributed by atoms with Crippen molar-refractivity contribution in [1.82, 2.24) is 30.4 Å². The molecular formula is C26H26ClN7OS. The van der Waals surface area contributed by atoms with Gasteiger partial charge in [0.05, 0.1) is 10.9 Å². The van der Waals surface area contributed by atoms with Gasteiger partial charge < -0.3 is 10.6 Å².